The maximum absolute atomic E-state index is 11.0. The number of nitrogens with zero attached hydrogens (tertiary/aromatic N) is 1. The Balaban J connectivity index is 1.53. The Bertz CT molecular complexity index is 603. The molecule has 5 unspecified atom stereocenters. The molecular formula is C24H42N2O2. The molecule has 0 bridgehead atoms. The first-order valence-corrected chi connectivity index (χ1v) is 12.2. The first-order chi connectivity index (χ1) is 13.3. The van der Waals surface area contributed by atoms with Crippen LogP contribution in [0.2, 0.25) is 0 Å². The minimum atomic E-state index is -1.51. The Morgan fingerprint density at radius 3 is 2.39 bits per heavy atom. The number of piperazine rings is 1. The molecule has 1 heterocycles. The molecule has 4 nitrogen and oxygen atoms in total. The van der Waals surface area contributed by atoms with Crippen LogP contribution in [0.15, 0.2) is 0 Å². The molecule has 5 rings (SSSR count). The average molecular weight is 391 g/mol. The van der Waals surface area contributed by atoms with Gasteiger partial charge in [-0.25, -0.2) is 0 Å². The predicted molar refractivity (Wildman–Crippen MR) is 112 cm³/mol. The van der Waals surface area contributed by atoms with Crippen molar-refractivity contribution in [3.63, 3.8) is 0 Å². The van der Waals surface area contributed by atoms with Crippen molar-refractivity contribution < 1.29 is 10.2 Å². The molecule has 5 aliphatic rings. The van der Waals surface area contributed by atoms with Crippen molar-refractivity contribution in [3.8, 4) is 0 Å². The van der Waals surface area contributed by atoms with Gasteiger partial charge in [-0.05, 0) is 73.0 Å². The van der Waals surface area contributed by atoms with Gasteiger partial charge in [-0.15, -0.1) is 0 Å². The van der Waals surface area contributed by atoms with Crippen LogP contribution < -0.4 is 5.32 Å². The maximum atomic E-state index is 11.0. The minimum Gasteiger partial charge on any atom is -0.365 e. The highest BCUT2D eigenvalue weighted by atomic mass is 16.5. The third-order valence-corrected chi connectivity index (χ3v) is 10.8. The lowest BCUT2D eigenvalue weighted by Crippen LogP contribution is -2.69. The van der Waals surface area contributed by atoms with Crippen LogP contribution in [-0.2, 0) is 0 Å². The van der Waals surface area contributed by atoms with Crippen molar-refractivity contribution in [1.82, 2.24) is 10.2 Å². The quantitative estimate of drug-likeness (QED) is 0.602. The van der Waals surface area contributed by atoms with Gasteiger partial charge < -0.3 is 15.5 Å². The summed E-state index contributed by atoms with van der Waals surface area (Å²) in [6.07, 6.45) is 10.1. The van der Waals surface area contributed by atoms with Crippen molar-refractivity contribution in [2.45, 2.75) is 84.0 Å². The van der Waals surface area contributed by atoms with Gasteiger partial charge in [-0.1, -0.05) is 27.2 Å². The van der Waals surface area contributed by atoms with Crippen LogP contribution in [0.3, 0.4) is 0 Å². The molecule has 1 saturated heterocycles. The zero-order valence-electron chi connectivity index (χ0n) is 18.3. The third-order valence-electron chi connectivity index (χ3n) is 10.8. The van der Waals surface area contributed by atoms with E-state index in [-0.39, 0.29) is 11.3 Å². The Morgan fingerprint density at radius 1 is 0.893 bits per heavy atom. The van der Waals surface area contributed by atoms with Gasteiger partial charge in [0.25, 0.3) is 0 Å². The van der Waals surface area contributed by atoms with Crippen molar-refractivity contribution in [3.05, 3.63) is 0 Å². The summed E-state index contributed by atoms with van der Waals surface area (Å²) in [7, 11) is 0. The summed E-state index contributed by atoms with van der Waals surface area (Å²) in [5.74, 6) is 1.45. The number of hydrogen-bond donors (Lipinski definition) is 3. The second kappa shape index (κ2) is 6.67. The molecule has 1 aliphatic heterocycles. The van der Waals surface area contributed by atoms with Crippen LogP contribution in [-0.4, -0.2) is 53.1 Å². The van der Waals surface area contributed by atoms with Gasteiger partial charge in [0.1, 0.15) is 0 Å². The number of rotatable bonds is 1. The predicted octanol–water partition coefficient (Wildman–Crippen LogP) is 3.23. The summed E-state index contributed by atoms with van der Waals surface area (Å²) >= 11 is 0. The lowest BCUT2D eigenvalue weighted by atomic mass is 9.42. The van der Waals surface area contributed by atoms with Crippen molar-refractivity contribution in [2.24, 2.45) is 40.4 Å². The van der Waals surface area contributed by atoms with E-state index in [0.717, 1.165) is 43.9 Å². The summed E-state index contributed by atoms with van der Waals surface area (Å²) < 4.78 is 0. The maximum Gasteiger partial charge on any atom is 0.166 e. The molecule has 8 atom stereocenters. The highest BCUT2D eigenvalue weighted by Gasteiger charge is 2.65. The van der Waals surface area contributed by atoms with E-state index in [1.54, 1.807) is 0 Å². The normalized spacial score (nSPS) is 53.9. The average Bonchev–Trinajstić information content (AvgIpc) is 3.07. The Morgan fingerprint density at radius 2 is 1.64 bits per heavy atom. The Kier molecular flexibility index (Phi) is 4.71. The molecule has 28 heavy (non-hydrogen) atoms. The SMILES string of the molecule is CC1[C@@H]2CCC3C4CCC[C@@]4(C)CCC3[C@@]2(C)C(N2CCNCC2)CC1(O)O. The molecule has 4 heteroatoms. The molecule has 0 amide bonds. The van der Waals surface area contributed by atoms with Gasteiger partial charge in [-0.3, -0.25) is 4.90 Å². The largest absolute Gasteiger partial charge is 0.365 e. The minimum absolute atomic E-state index is 0.0190. The van der Waals surface area contributed by atoms with E-state index in [9.17, 15) is 10.2 Å². The zero-order valence-corrected chi connectivity index (χ0v) is 18.3. The van der Waals surface area contributed by atoms with Gasteiger partial charge in [-0.2, -0.15) is 0 Å². The Labute approximate surface area is 171 Å². The van der Waals surface area contributed by atoms with E-state index in [1.807, 2.05) is 0 Å². The second-order valence-electron chi connectivity index (χ2n) is 11.7. The summed E-state index contributed by atoms with van der Waals surface area (Å²) in [6.45, 7) is 11.5. The number of hydrogen-bond acceptors (Lipinski definition) is 4. The lowest BCUT2D eigenvalue weighted by Gasteiger charge is -2.67. The molecule has 0 radical (unpaired) electrons. The van der Waals surface area contributed by atoms with Gasteiger partial charge in [0.05, 0.1) is 0 Å². The lowest BCUT2D eigenvalue weighted by molar-refractivity contribution is -0.287. The second-order valence-corrected chi connectivity index (χ2v) is 11.7. The number of aliphatic hydroxyl groups is 2. The topological polar surface area (TPSA) is 55.7 Å². The fourth-order valence-corrected chi connectivity index (χ4v) is 9.23. The Hall–Kier alpha value is -0.160. The zero-order chi connectivity index (χ0) is 19.7. The fraction of sp³-hybridized carbons (Fsp3) is 1.00. The number of nitrogens with one attached hydrogen (secondary N) is 1. The van der Waals surface area contributed by atoms with E-state index >= 15 is 0 Å². The van der Waals surface area contributed by atoms with Crippen molar-refractivity contribution in [1.29, 1.82) is 0 Å². The van der Waals surface area contributed by atoms with E-state index in [0.29, 0.717) is 23.8 Å². The summed E-state index contributed by atoms with van der Waals surface area (Å²) in [5.41, 5.74) is 0.811. The highest BCUT2D eigenvalue weighted by molar-refractivity contribution is 5.14. The molecule has 3 N–H and O–H groups in total. The van der Waals surface area contributed by atoms with Gasteiger partial charge >= 0.3 is 0 Å². The van der Waals surface area contributed by atoms with E-state index in [1.165, 1.54) is 44.9 Å². The van der Waals surface area contributed by atoms with Crippen LogP contribution in [0.5, 0.6) is 0 Å². The first kappa shape index (κ1) is 19.8. The first-order valence-electron chi connectivity index (χ1n) is 12.2. The van der Waals surface area contributed by atoms with Gasteiger partial charge in [0.2, 0.25) is 0 Å². The van der Waals surface area contributed by atoms with Crippen molar-refractivity contribution in [2.75, 3.05) is 26.2 Å². The molecule has 4 saturated carbocycles. The molecule has 0 spiro atoms. The third kappa shape index (κ3) is 2.70. The molecule has 0 aromatic heterocycles. The van der Waals surface area contributed by atoms with Crippen LogP contribution in [0.25, 0.3) is 0 Å². The molecule has 4 aliphatic carbocycles. The highest BCUT2D eigenvalue weighted by Crippen LogP contribution is 2.68. The van der Waals surface area contributed by atoms with Crippen LogP contribution >= 0.6 is 0 Å². The fourth-order valence-electron chi connectivity index (χ4n) is 9.23. The summed E-state index contributed by atoms with van der Waals surface area (Å²) in [4.78, 5) is 2.63. The molecule has 0 aromatic carbocycles. The van der Waals surface area contributed by atoms with Crippen LogP contribution in [0.4, 0.5) is 0 Å². The van der Waals surface area contributed by atoms with E-state index in [2.05, 4.69) is 31.0 Å². The molecule has 0 aromatic rings. The monoisotopic (exact) mass is 390 g/mol. The van der Waals surface area contributed by atoms with Crippen molar-refractivity contribution >= 4 is 0 Å². The van der Waals surface area contributed by atoms with Gasteiger partial charge in [0.15, 0.2) is 5.79 Å². The smallest absolute Gasteiger partial charge is 0.166 e. The standard InChI is InChI=1S/C24H42N2O2/c1-16-18-7-6-17-19-5-4-9-22(19,2)10-8-20(17)23(18,3)21(15-24(16,27)28)26-13-11-25-12-14-26/h16-21,25,27-28H,4-15H2,1-3H3/t16?,17?,18-,19?,20?,21?,22-,23-/m0/s1. The molecular weight excluding hydrogens is 348 g/mol. The molecule has 160 valence electrons. The van der Waals surface area contributed by atoms with E-state index < -0.39 is 5.79 Å². The summed E-state index contributed by atoms with van der Waals surface area (Å²) in [6, 6.07) is 0.310. The van der Waals surface area contributed by atoms with Crippen LogP contribution in [0.1, 0.15) is 72.1 Å². The van der Waals surface area contributed by atoms with Gasteiger partial charge in [0, 0.05) is 44.6 Å². The van der Waals surface area contributed by atoms with Crippen LogP contribution in [0, 0.1) is 40.4 Å². The van der Waals surface area contributed by atoms with E-state index in [4.69, 9.17) is 0 Å². The number of fused-ring (bicyclic) bond motifs is 5. The molecule has 5 fully saturated rings. The summed E-state index contributed by atoms with van der Waals surface area (Å²) in [5, 5.41) is 25.5.